The maximum Gasteiger partial charge on any atom is 0.191 e. The Balaban J connectivity index is 0.00000288. The second-order valence-electron chi connectivity index (χ2n) is 5.11. The van der Waals surface area contributed by atoms with Crippen LogP contribution in [0.1, 0.15) is 12.6 Å². The van der Waals surface area contributed by atoms with E-state index in [1.54, 1.807) is 36.1 Å². The van der Waals surface area contributed by atoms with Crippen LogP contribution < -0.4 is 15.4 Å². The Morgan fingerprint density at radius 3 is 2.71 bits per heavy atom. The average molecular weight is 447 g/mol. The Hall–Kier alpha value is -1.84. The number of nitrogens with one attached hydrogen (secondary N) is 2. The van der Waals surface area contributed by atoms with Gasteiger partial charge in [0, 0.05) is 20.3 Å². The van der Waals surface area contributed by atoms with Crippen LogP contribution in [0.25, 0.3) is 0 Å². The van der Waals surface area contributed by atoms with Crippen molar-refractivity contribution in [2.24, 2.45) is 12.0 Å². The molecule has 1 unspecified atom stereocenters. The van der Waals surface area contributed by atoms with Gasteiger partial charge < -0.3 is 15.4 Å². The number of halogens is 2. The van der Waals surface area contributed by atoms with Gasteiger partial charge in [0.05, 0.1) is 18.8 Å². The van der Waals surface area contributed by atoms with Gasteiger partial charge in [-0.05, 0) is 25.1 Å². The number of aryl methyl sites for hydroxylation is 1. The van der Waals surface area contributed by atoms with Gasteiger partial charge >= 0.3 is 0 Å². The highest BCUT2D eigenvalue weighted by molar-refractivity contribution is 14.0. The second kappa shape index (κ2) is 10.1. The SMILES string of the molecule is CN=C(NCc1ccnn1C)NCC(C)Oc1ccccc1F.I. The zero-order valence-electron chi connectivity index (χ0n) is 14.0. The van der Waals surface area contributed by atoms with Gasteiger partial charge in [0.15, 0.2) is 17.5 Å². The van der Waals surface area contributed by atoms with Gasteiger partial charge in [-0.1, -0.05) is 12.1 Å². The van der Waals surface area contributed by atoms with Crippen molar-refractivity contribution in [3.63, 3.8) is 0 Å². The van der Waals surface area contributed by atoms with E-state index in [2.05, 4.69) is 20.7 Å². The van der Waals surface area contributed by atoms with Gasteiger partial charge in [-0.2, -0.15) is 5.10 Å². The zero-order chi connectivity index (χ0) is 16.7. The molecule has 6 nitrogen and oxygen atoms in total. The Labute approximate surface area is 158 Å². The van der Waals surface area contributed by atoms with E-state index >= 15 is 0 Å². The molecule has 2 N–H and O–H groups in total. The van der Waals surface area contributed by atoms with E-state index < -0.39 is 0 Å². The summed E-state index contributed by atoms with van der Waals surface area (Å²) < 4.78 is 20.9. The summed E-state index contributed by atoms with van der Waals surface area (Å²) in [6.45, 7) is 2.98. The van der Waals surface area contributed by atoms with E-state index in [0.29, 0.717) is 19.0 Å². The van der Waals surface area contributed by atoms with Gasteiger partial charge in [-0.3, -0.25) is 9.67 Å². The number of ether oxygens (including phenoxy) is 1. The molecule has 8 heteroatoms. The molecular formula is C16H23FIN5O. The van der Waals surface area contributed by atoms with Crippen LogP contribution in [0, 0.1) is 5.82 Å². The van der Waals surface area contributed by atoms with Crippen molar-refractivity contribution in [2.45, 2.75) is 19.6 Å². The number of para-hydroxylation sites is 1. The monoisotopic (exact) mass is 447 g/mol. The molecule has 0 radical (unpaired) electrons. The third-order valence-electron chi connectivity index (χ3n) is 3.30. The summed E-state index contributed by atoms with van der Waals surface area (Å²) in [6, 6.07) is 8.30. The molecule has 0 spiro atoms. The first-order valence-corrected chi connectivity index (χ1v) is 7.42. The fourth-order valence-corrected chi connectivity index (χ4v) is 2.01. The first kappa shape index (κ1) is 20.2. The summed E-state index contributed by atoms with van der Waals surface area (Å²) in [5, 5.41) is 10.5. The van der Waals surface area contributed by atoms with Crippen molar-refractivity contribution in [2.75, 3.05) is 13.6 Å². The normalized spacial score (nSPS) is 12.2. The van der Waals surface area contributed by atoms with Crippen LogP contribution in [-0.2, 0) is 13.6 Å². The van der Waals surface area contributed by atoms with Crippen LogP contribution in [0.2, 0.25) is 0 Å². The lowest BCUT2D eigenvalue weighted by Gasteiger charge is -2.18. The van der Waals surface area contributed by atoms with Crippen LogP contribution in [0.15, 0.2) is 41.5 Å². The Bertz CT molecular complexity index is 661. The van der Waals surface area contributed by atoms with Crippen LogP contribution in [0.5, 0.6) is 5.75 Å². The molecule has 1 heterocycles. The molecule has 0 bridgehead atoms. The fourth-order valence-electron chi connectivity index (χ4n) is 2.01. The number of aliphatic imine (C=N–C) groups is 1. The standard InChI is InChI=1S/C16H22FN5O.HI/c1-12(23-15-7-5-4-6-14(15)17)10-19-16(18-2)20-11-13-8-9-21-22(13)3;/h4-9,12H,10-11H2,1-3H3,(H2,18,19,20);1H. The van der Waals surface area contributed by atoms with Gasteiger partial charge in [-0.15, -0.1) is 24.0 Å². The molecule has 0 saturated carbocycles. The minimum atomic E-state index is -0.363. The lowest BCUT2D eigenvalue weighted by Crippen LogP contribution is -2.41. The predicted molar refractivity (Wildman–Crippen MR) is 103 cm³/mol. The van der Waals surface area contributed by atoms with E-state index in [0.717, 1.165) is 5.69 Å². The van der Waals surface area contributed by atoms with Crippen molar-refractivity contribution >= 4 is 29.9 Å². The third-order valence-corrected chi connectivity index (χ3v) is 3.30. The molecule has 2 aromatic rings. The molecular weight excluding hydrogens is 424 g/mol. The van der Waals surface area contributed by atoms with Crippen molar-refractivity contribution in [3.05, 3.63) is 48.0 Å². The molecule has 0 aliphatic rings. The molecule has 132 valence electrons. The number of guanidine groups is 1. The smallest absolute Gasteiger partial charge is 0.191 e. The van der Waals surface area contributed by atoms with Gasteiger partial charge in [0.25, 0.3) is 0 Å². The molecule has 0 aliphatic carbocycles. The average Bonchev–Trinajstić information content (AvgIpc) is 2.95. The predicted octanol–water partition coefficient (Wildman–Crippen LogP) is 2.31. The van der Waals surface area contributed by atoms with E-state index in [1.165, 1.54) is 6.07 Å². The Morgan fingerprint density at radius 1 is 1.33 bits per heavy atom. The molecule has 1 aromatic carbocycles. The molecule has 1 atom stereocenters. The minimum absolute atomic E-state index is 0. The number of hydrogen-bond donors (Lipinski definition) is 2. The van der Waals surface area contributed by atoms with Gasteiger partial charge in [0.1, 0.15) is 6.10 Å². The first-order chi connectivity index (χ1) is 11.1. The number of rotatable bonds is 6. The second-order valence-corrected chi connectivity index (χ2v) is 5.11. The maximum atomic E-state index is 13.5. The molecule has 0 amide bonds. The van der Waals surface area contributed by atoms with Crippen molar-refractivity contribution in [3.8, 4) is 5.75 Å². The van der Waals surface area contributed by atoms with Crippen LogP contribution >= 0.6 is 24.0 Å². The molecule has 0 fully saturated rings. The number of hydrogen-bond acceptors (Lipinski definition) is 3. The van der Waals surface area contributed by atoms with E-state index in [-0.39, 0.29) is 41.6 Å². The lowest BCUT2D eigenvalue weighted by molar-refractivity contribution is 0.214. The van der Waals surface area contributed by atoms with E-state index in [1.807, 2.05) is 20.0 Å². The fraction of sp³-hybridized carbons (Fsp3) is 0.375. The lowest BCUT2D eigenvalue weighted by atomic mass is 10.3. The number of nitrogens with zero attached hydrogens (tertiary/aromatic N) is 3. The van der Waals surface area contributed by atoms with Gasteiger partial charge in [-0.25, -0.2) is 4.39 Å². The summed E-state index contributed by atoms with van der Waals surface area (Å²) in [7, 11) is 3.58. The van der Waals surface area contributed by atoms with Crippen LogP contribution in [0.3, 0.4) is 0 Å². The quantitative estimate of drug-likeness (QED) is 0.406. The Kier molecular flexibility index (Phi) is 8.51. The molecule has 24 heavy (non-hydrogen) atoms. The molecule has 2 rings (SSSR count). The highest BCUT2D eigenvalue weighted by Gasteiger charge is 2.09. The van der Waals surface area contributed by atoms with Crippen molar-refractivity contribution < 1.29 is 9.13 Å². The number of aromatic nitrogens is 2. The summed E-state index contributed by atoms with van der Waals surface area (Å²) in [5.41, 5.74) is 1.05. The Morgan fingerprint density at radius 2 is 2.08 bits per heavy atom. The van der Waals surface area contributed by atoms with E-state index in [9.17, 15) is 4.39 Å². The maximum absolute atomic E-state index is 13.5. The topological polar surface area (TPSA) is 63.5 Å². The largest absolute Gasteiger partial charge is 0.486 e. The summed E-state index contributed by atoms with van der Waals surface area (Å²) >= 11 is 0. The number of benzene rings is 1. The highest BCUT2D eigenvalue weighted by Crippen LogP contribution is 2.16. The van der Waals surface area contributed by atoms with Crippen LogP contribution in [-0.4, -0.2) is 35.4 Å². The molecule has 0 aliphatic heterocycles. The summed E-state index contributed by atoms with van der Waals surface area (Å²) in [5.74, 6) is 0.535. The highest BCUT2D eigenvalue weighted by atomic mass is 127. The third kappa shape index (κ3) is 5.99. The first-order valence-electron chi connectivity index (χ1n) is 7.42. The zero-order valence-corrected chi connectivity index (χ0v) is 16.3. The van der Waals surface area contributed by atoms with Gasteiger partial charge in [0.2, 0.25) is 0 Å². The van der Waals surface area contributed by atoms with E-state index in [4.69, 9.17) is 4.74 Å². The molecule has 1 aromatic heterocycles. The minimum Gasteiger partial charge on any atom is -0.486 e. The van der Waals surface area contributed by atoms with Crippen molar-refractivity contribution in [1.82, 2.24) is 20.4 Å². The summed E-state index contributed by atoms with van der Waals surface area (Å²) in [6.07, 6.45) is 1.54. The summed E-state index contributed by atoms with van der Waals surface area (Å²) in [4.78, 5) is 4.15. The molecule has 0 saturated heterocycles. The van der Waals surface area contributed by atoms with Crippen molar-refractivity contribution in [1.29, 1.82) is 0 Å². The van der Waals surface area contributed by atoms with Crippen LogP contribution in [0.4, 0.5) is 4.39 Å².